The molecule has 1 saturated heterocycles. The van der Waals surface area contributed by atoms with Crippen molar-refractivity contribution in [3.63, 3.8) is 0 Å². The average Bonchev–Trinajstić information content (AvgIpc) is 3.47. The second kappa shape index (κ2) is 11.2. The second-order valence-corrected chi connectivity index (χ2v) is 16.6. The van der Waals surface area contributed by atoms with E-state index in [0.717, 1.165) is 0 Å². The summed E-state index contributed by atoms with van der Waals surface area (Å²) in [4.78, 5) is 25.9. The Hall–Kier alpha value is -2.38. The van der Waals surface area contributed by atoms with E-state index in [-0.39, 0.29) is 29.4 Å². The van der Waals surface area contributed by atoms with Gasteiger partial charge in [0, 0.05) is 12.0 Å². The van der Waals surface area contributed by atoms with E-state index >= 15 is 0 Å². The van der Waals surface area contributed by atoms with Crippen molar-refractivity contribution in [2.45, 2.75) is 63.8 Å². The number of hydrogen-bond donors (Lipinski definition) is 1. The van der Waals surface area contributed by atoms with Gasteiger partial charge in [-0.2, -0.15) is 0 Å². The van der Waals surface area contributed by atoms with Crippen LogP contribution in [0.15, 0.2) is 43.0 Å². The molecule has 0 radical (unpaired) electrons. The number of rotatable bonds is 7. The number of thiocarbonyl (C=S) groups is 1. The fraction of sp³-hybridized carbons (Fsp3) is 0.480. The molecule has 1 N–H and O–H groups in total. The minimum Gasteiger partial charge on any atom is -0.472 e. The topological polar surface area (TPSA) is 100 Å². The molecule has 1 aliphatic heterocycles. The molecule has 0 spiro atoms. The summed E-state index contributed by atoms with van der Waals surface area (Å²) in [6.07, 6.45) is 4.54. The lowest BCUT2D eigenvalue weighted by Gasteiger charge is -2.37. The van der Waals surface area contributed by atoms with Crippen LogP contribution in [0.3, 0.4) is 0 Å². The van der Waals surface area contributed by atoms with Crippen LogP contribution in [-0.2, 0) is 13.9 Å². The predicted molar refractivity (Wildman–Crippen MR) is 152 cm³/mol. The highest BCUT2D eigenvalue weighted by molar-refractivity contribution is 8.22. The highest BCUT2D eigenvalue weighted by Gasteiger charge is 2.43. The lowest BCUT2D eigenvalue weighted by Crippen LogP contribution is -2.44. The largest absolute Gasteiger partial charge is 0.472 e. The number of hydrogen-bond acceptors (Lipinski definition) is 9. The van der Waals surface area contributed by atoms with Gasteiger partial charge in [-0.15, -0.1) is 0 Å². The number of nitrogens with one attached hydrogen (secondary N) is 1. The van der Waals surface area contributed by atoms with Gasteiger partial charge in [-0.05, 0) is 48.7 Å². The average molecular weight is 560 g/mol. The van der Waals surface area contributed by atoms with Crippen LogP contribution in [0.2, 0.25) is 18.1 Å². The first kappa shape index (κ1) is 27.6. The van der Waals surface area contributed by atoms with Crippen LogP contribution in [-0.4, -0.2) is 63.2 Å². The van der Waals surface area contributed by atoms with Gasteiger partial charge in [-0.3, -0.25) is 9.36 Å². The molecule has 3 heterocycles. The molecule has 1 aliphatic rings. The van der Waals surface area contributed by atoms with E-state index in [0.29, 0.717) is 40.0 Å². The first-order valence-corrected chi connectivity index (χ1v) is 16.6. The van der Waals surface area contributed by atoms with Gasteiger partial charge < -0.3 is 19.2 Å². The number of carbonyl (C=O) groups excluding carboxylic acids is 1. The summed E-state index contributed by atoms with van der Waals surface area (Å²) < 4.78 is 21.3. The lowest BCUT2D eigenvalue weighted by molar-refractivity contribution is -0.0373. The van der Waals surface area contributed by atoms with Crippen molar-refractivity contribution in [3.8, 4) is 0 Å². The molecule has 0 unspecified atom stereocenters. The molecule has 1 fully saturated rings. The van der Waals surface area contributed by atoms with Crippen LogP contribution in [0.5, 0.6) is 0 Å². The summed E-state index contributed by atoms with van der Waals surface area (Å²) in [5.41, 5.74) is 1.57. The van der Waals surface area contributed by atoms with Gasteiger partial charge in [0.2, 0.25) is 4.38 Å². The molecule has 2 aromatic heterocycles. The van der Waals surface area contributed by atoms with Crippen molar-refractivity contribution in [2.24, 2.45) is 0 Å². The summed E-state index contributed by atoms with van der Waals surface area (Å²) in [5, 5.41) is 2.92. The number of ether oxygens (including phenoxy) is 2. The van der Waals surface area contributed by atoms with Crippen LogP contribution in [0.4, 0.5) is 5.82 Å². The van der Waals surface area contributed by atoms with E-state index in [4.69, 9.17) is 26.1 Å². The molecule has 37 heavy (non-hydrogen) atoms. The number of fused-ring (bicyclic) bond motifs is 1. The third kappa shape index (κ3) is 6.20. The predicted octanol–water partition coefficient (Wildman–Crippen LogP) is 5.42. The third-order valence-electron chi connectivity index (χ3n) is 6.95. The van der Waals surface area contributed by atoms with Crippen molar-refractivity contribution >= 4 is 59.6 Å². The molecule has 3 atom stereocenters. The van der Waals surface area contributed by atoms with Crippen LogP contribution in [0.1, 0.15) is 43.8 Å². The fourth-order valence-corrected chi connectivity index (χ4v) is 5.10. The molecule has 3 aromatic rings. The number of aromatic nitrogens is 4. The second-order valence-electron chi connectivity index (χ2n) is 10.4. The van der Waals surface area contributed by atoms with Gasteiger partial charge >= 0.3 is 0 Å². The first-order valence-electron chi connectivity index (χ1n) is 12.1. The molecule has 0 aliphatic carbocycles. The standard InChI is InChI=1S/C25H33N5O4S2Si/c1-25(2,3)37(5,6)32-13-18-17(34-24(35)36-4)12-19(33-18)30-15-28-20-21(26-14-27-22(20)30)29-23(31)16-10-8-7-9-11-16/h7-11,14-15,17-19H,12-13H2,1-6H3,(H,26,27,29,31)/t17-,18-,19+/m1/s1. The maximum Gasteiger partial charge on any atom is 0.256 e. The molecule has 12 heteroatoms. The molecule has 0 bridgehead atoms. The Labute approximate surface area is 227 Å². The van der Waals surface area contributed by atoms with Gasteiger partial charge in [0.1, 0.15) is 24.8 Å². The maximum absolute atomic E-state index is 12.7. The minimum atomic E-state index is -1.99. The van der Waals surface area contributed by atoms with Gasteiger partial charge in [0.15, 0.2) is 25.3 Å². The molecule has 0 saturated carbocycles. The summed E-state index contributed by atoms with van der Waals surface area (Å²) in [5.74, 6) is 0.0684. The monoisotopic (exact) mass is 559 g/mol. The number of carbonyl (C=O) groups is 1. The maximum atomic E-state index is 12.7. The molecular formula is C25H33N5O4S2Si. The Morgan fingerprint density at radius 3 is 2.65 bits per heavy atom. The number of benzene rings is 1. The summed E-state index contributed by atoms with van der Waals surface area (Å²) in [7, 11) is -1.99. The van der Waals surface area contributed by atoms with Crippen LogP contribution >= 0.6 is 24.0 Å². The van der Waals surface area contributed by atoms with E-state index in [2.05, 4.69) is 54.1 Å². The smallest absolute Gasteiger partial charge is 0.256 e. The van der Waals surface area contributed by atoms with Crippen LogP contribution < -0.4 is 5.32 Å². The lowest BCUT2D eigenvalue weighted by atomic mass is 10.2. The zero-order valence-electron chi connectivity index (χ0n) is 21.9. The molecule has 1 aromatic carbocycles. The SMILES string of the molecule is CSC(=S)O[C@@H]1C[C@@H](n2cnc3c(NC(=O)c4ccccc4)ncnc32)O[C@@H]1CO[Si](C)(C)C(C)(C)C. The van der Waals surface area contributed by atoms with Crippen molar-refractivity contribution in [1.82, 2.24) is 19.5 Å². The van der Waals surface area contributed by atoms with Gasteiger partial charge in [0.05, 0.1) is 12.9 Å². The number of nitrogens with zero attached hydrogens (tertiary/aromatic N) is 4. The van der Waals surface area contributed by atoms with E-state index in [1.807, 2.05) is 29.0 Å². The van der Waals surface area contributed by atoms with E-state index in [1.165, 1.54) is 18.1 Å². The normalized spacial score (nSPS) is 20.2. The number of anilines is 1. The van der Waals surface area contributed by atoms with Crippen molar-refractivity contribution in [1.29, 1.82) is 0 Å². The number of amides is 1. The Bertz CT molecular complexity index is 1260. The van der Waals surface area contributed by atoms with Crippen LogP contribution in [0.25, 0.3) is 11.2 Å². The zero-order valence-corrected chi connectivity index (χ0v) is 24.6. The fourth-order valence-electron chi connectivity index (χ4n) is 3.75. The Morgan fingerprint density at radius 2 is 1.97 bits per heavy atom. The molecular weight excluding hydrogens is 527 g/mol. The molecule has 198 valence electrons. The minimum absolute atomic E-state index is 0.0774. The molecule has 4 rings (SSSR count). The van der Waals surface area contributed by atoms with E-state index < -0.39 is 8.32 Å². The molecule has 1 amide bonds. The summed E-state index contributed by atoms with van der Waals surface area (Å²) >= 11 is 6.74. The summed E-state index contributed by atoms with van der Waals surface area (Å²) in [6.45, 7) is 11.5. The quantitative estimate of drug-likeness (QED) is 0.300. The van der Waals surface area contributed by atoms with E-state index in [1.54, 1.807) is 18.5 Å². The third-order valence-corrected chi connectivity index (χ3v) is 12.5. The zero-order chi connectivity index (χ0) is 26.8. The van der Waals surface area contributed by atoms with Crippen molar-refractivity contribution in [2.75, 3.05) is 18.2 Å². The van der Waals surface area contributed by atoms with Crippen molar-refractivity contribution in [3.05, 3.63) is 48.5 Å². The van der Waals surface area contributed by atoms with Crippen LogP contribution in [0, 0.1) is 0 Å². The van der Waals surface area contributed by atoms with Gasteiger partial charge in [-0.1, -0.05) is 50.7 Å². The Kier molecular flexibility index (Phi) is 8.34. The number of imidazole rings is 1. The Morgan fingerprint density at radius 1 is 1.24 bits per heavy atom. The van der Waals surface area contributed by atoms with Gasteiger partial charge in [-0.25, -0.2) is 15.0 Å². The highest BCUT2D eigenvalue weighted by Crippen LogP contribution is 2.39. The summed E-state index contributed by atoms with van der Waals surface area (Å²) in [6, 6.07) is 8.95. The van der Waals surface area contributed by atoms with Crippen molar-refractivity contribution < 1.29 is 18.7 Å². The van der Waals surface area contributed by atoms with Gasteiger partial charge in [0.25, 0.3) is 5.91 Å². The Balaban J connectivity index is 1.55. The number of thioether (sulfide) groups is 1. The molecule has 9 nitrogen and oxygen atoms in total. The highest BCUT2D eigenvalue weighted by atomic mass is 32.2. The van der Waals surface area contributed by atoms with E-state index in [9.17, 15) is 4.79 Å². The first-order chi connectivity index (χ1) is 17.5.